The first-order valence-electron chi connectivity index (χ1n) is 4.59. The van der Waals surface area contributed by atoms with E-state index >= 15 is 0 Å². The number of ether oxygens (including phenoxy) is 1. The van der Waals surface area contributed by atoms with E-state index in [1.54, 1.807) is 11.3 Å². The Balaban J connectivity index is 2.09. The molecule has 2 aromatic rings. The van der Waals surface area contributed by atoms with Crippen LogP contribution in [0.25, 0.3) is 10.6 Å². The SMILES string of the molecule is c1csc(-c2ccc3c(c2)CCO3)n1. The van der Waals surface area contributed by atoms with E-state index in [1.165, 1.54) is 11.1 Å². The Labute approximate surface area is 86.2 Å². The number of rotatable bonds is 1. The van der Waals surface area contributed by atoms with Crippen molar-refractivity contribution < 1.29 is 4.74 Å². The molecule has 0 atom stereocenters. The summed E-state index contributed by atoms with van der Waals surface area (Å²) in [7, 11) is 0. The monoisotopic (exact) mass is 203 g/mol. The van der Waals surface area contributed by atoms with Gasteiger partial charge in [-0.2, -0.15) is 0 Å². The molecule has 0 saturated carbocycles. The predicted molar refractivity (Wildman–Crippen MR) is 56.7 cm³/mol. The summed E-state index contributed by atoms with van der Waals surface area (Å²) in [6.45, 7) is 0.816. The summed E-state index contributed by atoms with van der Waals surface area (Å²) in [5.41, 5.74) is 2.50. The largest absolute Gasteiger partial charge is 0.493 e. The van der Waals surface area contributed by atoms with Gasteiger partial charge in [0.25, 0.3) is 0 Å². The lowest BCUT2D eigenvalue weighted by molar-refractivity contribution is 0.357. The molecule has 0 spiro atoms. The molecule has 2 heterocycles. The second-order valence-corrected chi connectivity index (χ2v) is 4.15. The smallest absolute Gasteiger partial charge is 0.123 e. The third-order valence-electron chi connectivity index (χ3n) is 2.37. The quantitative estimate of drug-likeness (QED) is 0.711. The molecular formula is C11H9NOS. The maximum atomic E-state index is 5.45. The van der Waals surface area contributed by atoms with Crippen molar-refractivity contribution in [2.24, 2.45) is 0 Å². The van der Waals surface area contributed by atoms with Crippen LogP contribution < -0.4 is 4.74 Å². The Bertz CT molecular complexity index is 450. The van der Waals surface area contributed by atoms with Gasteiger partial charge in [0.15, 0.2) is 0 Å². The topological polar surface area (TPSA) is 22.1 Å². The molecule has 0 radical (unpaired) electrons. The number of hydrogen-bond acceptors (Lipinski definition) is 3. The number of benzene rings is 1. The molecule has 3 heteroatoms. The lowest BCUT2D eigenvalue weighted by atomic mass is 10.1. The summed E-state index contributed by atoms with van der Waals surface area (Å²) >= 11 is 1.67. The van der Waals surface area contributed by atoms with Crippen LogP contribution in [-0.4, -0.2) is 11.6 Å². The summed E-state index contributed by atoms with van der Waals surface area (Å²) in [4.78, 5) is 4.29. The van der Waals surface area contributed by atoms with Crippen LogP contribution in [0.15, 0.2) is 29.8 Å². The lowest BCUT2D eigenvalue weighted by Crippen LogP contribution is -1.85. The Morgan fingerprint density at radius 1 is 1.36 bits per heavy atom. The van der Waals surface area contributed by atoms with Crippen LogP contribution in [-0.2, 0) is 6.42 Å². The first-order chi connectivity index (χ1) is 6.93. The van der Waals surface area contributed by atoms with Gasteiger partial charge in [0.2, 0.25) is 0 Å². The van der Waals surface area contributed by atoms with Gasteiger partial charge < -0.3 is 4.74 Å². The minimum absolute atomic E-state index is 0.816. The van der Waals surface area contributed by atoms with Crippen molar-refractivity contribution in [2.45, 2.75) is 6.42 Å². The zero-order valence-electron chi connectivity index (χ0n) is 7.56. The number of hydrogen-bond donors (Lipinski definition) is 0. The summed E-state index contributed by atoms with van der Waals surface area (Å²) in [6, 6.07) is 6.29. The molecule has 0 saturated heterocycles. The lowest BCUT2D eigenvalue weighted by Gasteiger charge is -2.00. The van der Waals surface area contributed by atoms with E-state index < -0.39 is 0 Å². The maximum absolute atomic E-state index is 5.45. The van der Waals surface area contributed by atoms with Gasteiger partial charge >= 0.3 is 0 Å². The van der Waals surface area contributed by atoms with Crippen molar-refractivity contribution >= 4 is 11.3 Å². The number of fused-ring (bicyclic) bond motifs is 1. The van der Waals surface area contributed by atoms with E-state index in [0.29, 0.717) is 0 Å². The van der Waals surface area contributed by atoms with Crippen molar-refractivity contribution in [1.29, 1.82) is 0 Å². The third-order valence-corrected chi connectivity index (χ3v) is 3.19. The van der Waals surface area contributed by atoms with Crippen LogP contribution in [0.4, 0.5) is 0 Å². The second kappa shape index (κ2) is 3.10. The summed E-state index contributed by atoms with van der Waals surface area (Å²) < 4.78 is 5.45. The van der Waals surface area contributed by atoms with E-state index in [0.717, 1.165) is 23.8 Å². The molecule has 0 amide bonds. The van der Waals surface area contributed by atoms with Crippen LogP contribution in [0.5, 0.6) is 5.75 Å². The van der Waals surface area contributed by atoms with Crippen LogP contribution in [0.2, 0.25) is 0 Å². The molecule has 1 aliphatic heterocycles. The Kier molecular flexibility index (Phi) is 1.77. The van der Waals surface area contributed by atoms with Crippen LogP contribution in [0.3, 0.4) is 0 Å². The van der Waals surface area contributed by atoms with Gasteiger partial charge in [0.1, 0.15) is 10.8 Å². The highest BCUT2D eigenvalue weighted by Crippen LogP contribution is 2.30. The Morgan fingerprint density at radius 3 is 3.21 bits per heavy atom. The van der Waals surface area contributed by atoms with Crippen molar-refractivity contribution in [3.8, 4) is 16.3 Å². The zero-order chi connectivity index (χ0) is 9.38. The van der Waals surface area contributed by atoms with Crippen LogP contribution in [0, 0.1) is 0 Å². The summed E-state index contributed by atoms with van der Waals surface area (Å²) in [5, 5.41) is 3.08. The fourth-order valence-corrected chi connectivity index (χ4v) is 2.32. The molecule has 0 aliphatic carbocycles. The average molecular weight is 203 g/mol. The first kappa shape index (κ1) is 8.00. The van der Waals surface area contributed by atoms with Crippen molar-refractivity contribution in [3.05, 3.63) is 35.3 Å². The van der Waals surface area contributed by atoms with E-state index in [2.05, 4.69) is 17.1 Å². The van der Waals surface area contributed by atoms with Crippen molar-refractivity contribution in [1.82, 2.24) is 4.98 Å². The molecule has 1 aliphatic rings. The Hall–Kier alpha value is -1.35. The zero-order valence-corrected chi connectivity index (χ0v) is 8.38. The highest BCUT2D eigenvalue weighted by atomic mass is 32.1. The molecular weight excluding hydrogens is 194 g/mol. The minimum atomic E-state index is 0.816. The van der Waals surface area contributed by atoms with Gasteiger partial charge in [-0.1, -0.05) is 0 Å². The maximum Gasteiger partial charge on any atom is 0.123 e. The van der Waals surface area contributed by atoms with Gasteiger partial charge in [0, 0.05) is 23.6 Å². The minimum Gasteiger partial charge on any atom is -0.493 e. The summed E-state index contributed by atoms with van der Waals surface area (Å²) in [6.07, 6.45) is 2.86. The molecule has 0 unspecified atom stereocenters. The van der Waals surface area contributed by atoms with E-state index in [-0.39, 0.29) is 0 Å². The molecule has 2 nitrogen and oxygen atoms in total. The van der Waals surface area contributed by atoms with Gasteiger partial charge in [-0.3, -0.25) is 0 Å². The van der Waals surface area contributed by atoms with Gasteiger partial charge in [0.05, 0.1) is 6.61 Å². The van der Waals surface area contributed by atoms with Crippen LogP contribution in [0.1, 0.15) is 5.56 Å². The molecule has 0 N–H and O–H groups in total. The predicted octanol–water partition coefficient (Wildman–Crippen LogP) is 2.75. The molecule has 0 bridgehead atoms. The fourth-order valence-electron chi connectivity index (χ4n) is 1.69. The van der Waals surface area contributed by atoms with Crippen molar-refractivity contribution in [2.75, 3.05) is 6.61 Å². The molecule has 1 aromatic heterocycles. The molecule has 14 heavy (non-hydrogen) atoms. The molecule has 1 aromatic carbocycles. The molecule has 3 rings (SSSR count). The van der Waals surface area contributed by atoms with E-state index in [1.807, 2.05) is 17.6 Å². The summed E-state index contributed by atoms with van der Waals surface area (Å²) in [5.74, 6) is 1.03. The second-order valence-electron chi connectivity index (χ2n) is 3.26. The van der Waals surface area contributed by atoms with Gasteiger partial charge in [-0.05, 0) is 23.8 Å². The van der Waals surface area contributed by atoms with Crippen molar-refractivity contribution in [3.63, 3.8) is 0 Å². The number of nitrogens with zero attached hydrogens (tertiary/aromatic N) is 1. The molecule has 70 valence electrons. The standard InChI is InChI=1S/C11H9NOS/c1-2-10-8(3-5-13-10)7-9(1)11-12-4-6-14-11/h1-2,4,6-7H,3,5H2. The molecule has 0 fully saturated rings. The first-order valence-corrected chi connectivity index (χ1v) is 5.47. The van der Waals surface area contributed by atoms with E-state index in [9.17, 15) is 0 Å². The average Bonchev–Trinajstić information content (AvgIpc) is 2.88. The third kappa shape index (κ3) is 1.21. The van der Waals surface area contributed by atoms with Gasteiger partial charge in [-0.15, -0.1) is 11.3 Å². The fraction of sp³-hybridized carbons (Fsp3) is 0.182. The number of aromatic nitrogens is 1. The highest BCUT2D eigenvalue weighted by molar-refractivity contribution is 7.13. The number of thiazole rings is 1. The highest BCUT2D eigenvalue weighted by Gasteiger charge is 2.12. The van der Waals surface area contributed by atoms with E-state index in [4.69, 9.17) is 4.74 Å². The Morgan fingerprint density at radius 2 is 2.36 bits per heavy atom. The van der Waals surface area contributed by atoms with Crippen LogP contribution >= 0.6 is 11.3 Å². The van der Waals surface area contributed by atoms with Gasteiger partial charge in [-0.25, -0.2) is 4.98 Å². The normalized spacial score (nSPS) is 13.7.